The number of aromatic nitrogens is 2. The number of benzene rings is 2. The van der Waals surface area contributed by atoms with Crippen molar-refractivity contribution in [1.82, 2.24) is 9.97 Å². The van der Waals surface area contributed by atoms with E-state index in [9.17, 15) is 4.21 Å². The standard InChI is InChI=1S/C17H17N3O2S/c1-22-15-5-3-4-14-16(19-11-20-17(14)15)13-8-6-12(7-9-13)10-23(2,18)21/h3-9,11,18H,10H2,1-2H3. The number of rotatable bonds is 4. The first-order valence-electron chi connectivity index (χ1n) is 7.06. The molecule has 0 radical (unpaired) electrons. The van der Waals surface area contributed by atoms with Crippen molar-refractivity contribution in [3.63, 3.8) is 0 Å². The van der Waals surface area contributed by atoms with Gasteiger partial charge in [-0.3, -0.25) is 4.78 Å². The second-order valence-electron chi connectivity index (χ2n) is 5.42. The highest BCUT2D eigenvalue weighted by Gasteiger charge is 2.10. The lowest BCUT2D eigenvalue weighted by molar-refractivity contribution is 0.419. The molecule has 1 aromatic heterocycles. The van der Waals surface area contributed by atoms with Crippen LogP contribution >= 0.6 is 0 Å². The van der Waals surface area contributed by atoms with E-state index in [-0.39, 0.29) is 5.75 Å². The van der Waals surface area contributed by atoms with E-state index in [1.807, 2.05) is 42.5 Å². The van der Waals surface area contributed by atoms with Gasteiger partial charge in [-0.05, 0) is 11.6 Å². The van der Waals surface area contributed by atoms with Crippen molar-refractivity contribution in [3.8, 4) is 17.0 Å². The molecule has 3 rings (SSSR count). The molecule has 118 valence electrons. The predicted molar refractivity (Wildman–Crippen MR) is 92.0 cm³/mol. The van der Waals surface area contributed by atoms with Gasteiger partial charge in [-0.1, -0.05) is 36.4 Å². The Kier molecular flexibility index (Phi) is 4.00. The number of hydrogen-bond donors (Lipinski definition) is 1. The third-order valence-corrected chi connectivity index (χ3v) is 4.40. The summed E-state index contributed by atoms with van der Waals surface area (Å²) in [4.78, 5) is 8.70. The summed E-state index contributed by atoms with van der Waals surface area (Å²) in [5, 5.41) is 0.916. The number of methoxy groups -OCH3 is 1. The summed E-state index contributed by atoms with van der Waals surface area (Å²) in [6.45, 7) is 0. The Morgan fingerprint density at radius 3 is 2.52 bits per heavy atom. The maximum absolute atomic E-state index is 11.6. The van der Waals surface area contributed by atoms with Crippen LogP contribution < -0.4 is 4.74 Å². The molecule has 0 aliphatic carbocycles. The van der Waals surface area contributed by atoms with Crippen LogP contribution in [0.2, 0.25) is 0 Å². The van der Waals surface area contributed by atoms with E-state index >= 15 is 0 Å². The highest BCUT2D eigenvalue weighted by molar-refractivity contribution is 7.90. The van der Waals surface area contributed by atoms with Crippen LogP contribution in [-0.4, -0.2) is 27.5 Å². The van der Waals surface area contributed by atoms with Crippen molar-refractivity contribution in [2.75, 3.05) is 13.4 Å². The second kappa shape index (κ2) is 5.96. The molecule has 0 aliphatic rings. The van der Waals surface area contributed by atoms with Gasteiger partial charge < -0.3 is 4.74 Å². The second-order valence-corrected chi connectivity index (χ2v) is 7.72. The summed E-state index contributed by atoms with van der Waals surface area (Å²) in [5.74, 6) is 0.966. The Labute approximate surface area is 135 Å². The zero-order chi connectivity index (χ0) is 16.4. The van der Waals surface area contributed by atoms with Crippen LogP contribution in [0.25, 0.3) is 22.2 Å². The van der Waals surface area contributed by atoms with E-state index in [0.29, 0.717) is 5.75 Å². The van der Waals surface area contributed by atoms with Crippen LogP contribution in [0.5, 0.6) is 5.75 Å². The Morgan fingerprint density at radius 1 is 1.13 bits per heavy atom. The molecule has 6 heteroatoms. The fourth-order valence-corrected chi connectivity index (χ4v) is 3.36. The van der Waals surface area contributed by atoms with Gasteiger partial charge in [-0.25, -0.2) is 14.2 Å². The molecule has 2 aromatic carbocycles. The zero-order valence-electron chi connectivity index (χ0n) is 12.9. The van der Waals surface area contributed by atoms with Crippen LogP contribution in [0, 0.1) is 4.78 Å². The Bertz CT molecular complexity index is 951. The average Bonchev–Trinajstić information content (AvgIpc) is 2.53. The topological polar surface area (TPSA) is 75.9 Å². The fraction of sp³-hybridized carbons (Fsp3) is 0.176. The van der Waals surface area contributed by atoms with Crippen molar-refractivity contribution >= 4 is 20.6 Å². The largest absolute Gasteiger partial charge is 0.494 e. The highest BCUT2D eigenvalue weighted by atomic mass is 32.2. The van der Waals surface area contributed by atoms with Crippen molar-refractivity contribution in [2.24, 2.45) is 0 Å². The third kappa shape index (κ3) is 3.32. The van der Waals surface area contributed by atoms with E-state index in [0.717, 1.165) is 27.7 Å². The summed E-state index contributed by atoms with van der Waals surface area (Å²) in [6.07, 6.45) is 2.97. The summed E-state index contributed by atoms with van der Waals surface area (Å²) < 4.78 is 24.5. The van der Waals surface area contributed by atoms with Crippen molar-refractivity contribution in [3.05, 3.63) is 54.4 Å². The number of hydrogen-bond acceptors (Lipinski definition) is 5. The van der Waals surface area contributed by atoms with Gasteiger partial charge in [0.25, 0.3) is 0 Å². The maximum Gasteiger partial charge on any atom is 0.145 e. The van der Waals surface area contributed by atoms with E-state index in [2.05, 4.69) is 9.97 Å². The third-order valence-electron chi connectivity index (χ3n) is 3.52. The lowest BCUT2D eigenvalue weighted by Gasteiger charge is -2.09. The highest BCUT2D eigenvalue weighted by Crippen LogP contribution is 2.30. The Balaban J connectivity index is 2.07. The first kappa shape index (κ1) is 15.4. The molecule has 1 heterocycles. The first-order chi connectivity index (χ1) is 11.0. The number of ether oxygens (including phenoxy) is 1. The van der Waals surface area contributed by atoms with Gasteiger partial charge in [0.1, 0.15) is 17.6 Å². The maximum atomic E-state index is 11.6. The zero-order valence-corrected chi connectivity index (χ0v) is 13.8. The van der Waals surface area contributed by atoms with Crippen molar-refractivity contribution in [2.45, 2.75) is 5.75 Å². The van der Waals surface area contributed by atoms with E-state index in [1.165, 1.54) is 12.6 Å². The van der Waals surface area contributed by atoms with E-state index in [1.54, 1.807) is 7.11 Å². The minimum absolute atomic E-state index is 0.256. The van der Waals surface area contributed by atoms with Gasteiger partial charge in [0, 0.05) is 26.9 Å². The molecule has 0 fully saturated rings. The van der Waals surface area contributed by atoms with Crippen molar-refractivity contribution in [1.29, 1.82) is 4.78 Å². The van der Waals surface area contributed by atoms with Crippen LogP contribution in [0.4, 0.5) is 0 Å². The normalized spacial score (nSPS) is 13.7. The molecule has 1 N–H and O–H groups in total. The Morgan fingerprint density at radius 2 is 1.87 bits per heavy atom. The van der Waals surface area contributed by atoms with Gasteiger partial charge in [0.15, 0.2) is 0 Å². The molecule has 0 spiro atoms. The van der Waals surface area contributed by atoms with E-state index < -0.39 is 9.73 Å². The quantitative estimate of drug-likeness (QED) is 0.796. The number of nitrogens with zero attached hydrogens (tertiary/aromatic N) is 2. The minimum atomic E-state index is -2.54. The van der Waals surface area contributed by atoms with Crippen LogP contribution in [0.3, 0.4) is 0 Å². The molecule has 0 saturated carbocycles. The molecule has 0 saturated heterocycles. The number of para-hydroxylation sites is 1. The van der Waals surface area contributed by atoms with Gasteiger partial charge in [-0.15, -0.1) is 0 Å². The molecule has 5 nitrogen and oxygen atoms in total. The lowest BCUT2D eigenvalue weighted by atomic mass is 10.0. The molecule has 23 heavy (non-hydrogen) atoms. The first-order valence-corrected chi connectivity index (χ1v) is 9.20. The van der Waals surface area contributed by atoms with Crippen LogP contribution in [0.15, 0.2) is 48.8 Å². The molecule has 1 unspecified atom stereocenters. The summed E-state index contributed by atoms with van der Waals surface area (Å²) >= 11 is 0. The van der Waals surface area contributed by atoms with Gasteiger partial charge in [-0.2, -0.15) is 0 Å². The Hall–Kier alpha value is -2.47. The molecule has 0 amide bonds. The molecule has 3 aromatic rings. The summed E-state index contributed by atoms with van der Waals surface area (Å²) in [5.41, 5.74) is 3.42. The van der Waals surface area contributed by atoms with Crippen LogP contribution in [-0.2, 0) is 15.5 Å². The molecular weight excluding hydrogens is 310 g/mol. The van der Waals surface area contributed by atoms with Gasteiger partial charge in [0.2, 0.25) is 0 Å². The predicted octanol–water partition coefficient (Wildman–Crippen LogP) is 3.48. The molecule has 1 atom stereocenters. The smallest absolute Gasteiger partial charge is 0.145 e. The summed E-state index contributed by atoms with van der Waals surface area (Å²) in [7, 11) is -0.921. The van der Waals surface area contributed by atoms with Crippen LogP contribution in [0.1, 0.15) is 5.56 Å². The minimum Gasteiger partial charge on any atom is -0.494 e. The van der Waals surface area contributed by atoms with Crippen molar-refractivity contribution < 1.29 is 8.95 Å². The molecular formula is C17H17N3O2S. The average molecular weight is 327 g/mol. The van der Waals surface area contributed by atoms with E-state index in [4.69, 9.17) is 9.52 Å². The molecule has 0 aliphatic heterocycles. The molecule has 0 bridgehead atoms. The lowest BCUT2D eigenvalue weighted by Crippen LogP contribution is -1.98. The van der Waals surface area contributed by atoms with Gasteiger partial charge in [0.05, 0.1) is 18.6 Å². The fourth-order valence-electron chi connectivity index (χ4n) is 2.53. The summed E-state index contributed by atoms with van der Waals surface area (Å²) in [6, 6.07) is 13.4. The monoisotopic (exact) mass is 327 g/mol. The van der Waals surface area contributed by atoms with Gasteiger partial charge >= 0.3 is 0 Å². The SMILES string of the molecule is COc1cccc2c(-c3ccc(CS(C)(=N)=O)cc3)ncnc12. The number of fused-ring (bicyclic) bond motifs is 1. The number of nitrogens with one attached hydrogen (secondary N) is 1.